The molecule has 7 nitrogen and oxygen atoms in total. The van der Waals surface area contributed by atoms with Crippen LogP contribution in [0.25, 0.3) is 0 Å². The first kappa shape index (κ1) is 19.1. The minimum Gasteiger partial charge on any atom is -0.454 e. The van der Waals surface area contributed by atoms with Crippen LogP contribution >= 0.6 is 0 Å². The van der Waals surface area contributed by atoms with Crippen LogP contribution in [0, 0.1) is 11.8 Å². The van der Waals surface area contributed by atoms with Crippen LogP contribution in [0.4, 0.5) is 0 Å². The summed E-state index contributed by atoms with van der Waals surface area (Å²) in [6.07, 6.45) is 2.75. The van der Waals surface area contributed by atoms with Crippen molar-refractivity contribution in [2.75, 3.05) is 39.5 Å². The van der Waals surface area contributed by atoms with E-state index in [0.29, 0.717) is 19.8 Å². The molecule has 1 aromatic carbocycles. The molecule has 2 atom stereocenters. The standard InChI is InChI=1S/C21H29N3O4/c1-2-3-6-22-20(25)16-12-17(16)21(26)24-9-7-23(8-10-24)13-15-4-5-18-19(11-15)28-14-27-18/h4-5,11,16-17H,2-3,6-10,12-14H2,1H3,(H,22,25). The average molecular weight is 387 g/mol. The van der Waals surface area contributed by atoms with Gasteiger partial charge in [-0.1, -0.05) is 19.4 Å². The molecule has 1 saturated heterocycles. The maximum absolute atomic E-state index is 12.7. The summed E-state index contributed by atoms with van der Waals surface area (Å²) in [6, 6.07) is 6.05. The zero-order valence-corrected chi connectivity index (χ0v) is 16.5. The van der Waals surface area contributed by atoms with Crippen molar-refractivity contribution in [2.45, 2.75) is 32.7 Å². The lowest BCUT2D eigenvalue weighted by atomic mass is 10.1. The van der Waals surface area contributed by atoms with Gasteiger partial charge in [0.1, 0.15) is 0 Å². The third-order valence-corrected chi connectivity index (χ3v) is 5.80. The van der Waals surface area contributed by atoms with Gasteiger partial charge in [0.25, 0.3) is 0 Å². The topological polar surface area (TPSA) is 71.1 Å². The first-order valence-corrected chi connectivity index (χ1v) is 10.3. The van der Waals surface area contributed by atoms with Crippen molar-refractivity contribution in [1.29, 1.82) is 0 Å². The highest BCUT2D eigenvalue weighted by Crippen LogP contribution is 2.40. The number of carbonyl (C=O) groups excluding carboxylic acids is 2. The number of ether oxygens (including phenoxy) is 2. The SMILES string of the molecule is CCCCNC(=O)C1CC1C(=O)N1CCN(Cc2ccc3c(c2)OCO3)CC1. The van der Waals surface area contributed by atoms with Crippen LogP contribution in [0.2, 0.25) is 0 Å². The van der Waals surface area contributed by atoms with E-state index < -0.39 is 0 Å². The fourth-order valence-electron chi connectivity index (χ4n) is 3.94. The van der Waals surface area contributed by atoms with Crippen molar-refractivity contribution in [2.24, 2.45) is 11.8 Å². The Morgan fingerprint density at radius 1 is 1.11 bits per heavy atom. The van der Waals surface area contributed by atoms with Gasteiger partial charge < -0.3 is 19.7 Å². The molecule has 2 fully saturated rings. The van der Waals surface area contributed by atoms with Gasteiger partial charge in [0.15, 0.2) is 11.5 Å². The van der Waals surface area contributed by atoms with Gasteiger partial charge in [0.2, 0.25) is 18.6 Å². The van der Waals surface area contributed by atoms with Gasteiger partial charge in [-0.05, 0) is 30.5 Å². The molecule has 1 saturated carbocycles. The lowest BCUT2D eigenvalue weighted by Crippen LogP contribution is -2.49. The molecule has 2 aliphatic heterocycles. The number of piperazine rings is 1. The third kappa shape index (κ3) is 4.24. The average Bonchev–Trinajstić information content (AvgIpc) is 3.38. The number of fused-ring (bicyclic) bond motifs is 1. The summed E-state index contributed by atoms with van der Waals surface area (Å²) >= 11 is 0. The van der Waals surface area contributed by atoms with E-state index in [1.165, 1.54) is 5.56 Å². The second-order valence-electron chi connectivity index (χ2n) is 7.88. The van der Waals surface area contributed by atoms with Crippen molar-refractivity contribution in [3.05, 3.63) is 23.8 Å². The summed E-state index contributed by atoms with van der Waals surface area (Å²) in [4.78, 5) is 29.1. The van der Waals surface area contributed by atoms with Gasteiger partial charge in [-0.2, -0.15) is 0 Å². The molecule has 2 heterocycles. The zero-order valence-electron chi connectivity index (χ0n) is 16.5. The Morgan fingerprint density at radius 3 is 2.68 bits per heavy atom. The summed E-state index contributed by atoms with van der Waals surface area (Å²) in [5.41, 5.74) is 1.19. The maximum Gasteiger partial charge on any atom is 0.231 e. The number of hydrogen-bond donors (Lipinski definition) is 1. The summed E-state index contributed by atoms with van der Waals surface area (Å²) in [5, 5.41) is 2.95. The molecule has 1 aliphatic carbocycles. The Labute approximate surface area is 166 Å². The van der Waals surface area contributed by atoms with E-state index in [1.807, 2.05) is 17.0 Å². The fraction of sp³-hybridized carbons (Fsp3) is 0.619. The molecular formula is C21H29N3O4. The summed E-state index contributed by atoms with van der Waals surface area (Å²) in [6.45, 7) is 7.09. The van der Waals surface area contributed by atoms with E-state index in [4.69, 9.17) is 9.47 Å². The highest BCUT2D eigenvalue weighted by Gasteiger charge is 2.49. The van der Waals surface area contributed by atoms with Gasteiger partial charge in [0, 0.05) is 39.3 Å². The zero-order chi connectivity index (χ0) is 19.5. The summed E-state index contributed by atoms with van der Waals surface area (Å²) in [5.74, 6) is 1.59. The Morgan fingerprint density at radius 2 is 1.89 bits per heavy atom. The van der Waals surface area contributed by atoms with E-state index >= 15 is 0 Å². The monoisotopic (exact) mass is 387 g/mol. The minimum atomic E-state index is -0.115. The molecule has 152 valence electrons. The Bertz CT molecular complexity index is 730. The Kier molecular flexibility index (Phi) is 5.71. The van der Waals surface area contributed by atoms with Crippen LogP contribution in [0.15, 0.2) is 18.2 Å². The summed E-state index contributed by atoms with van der Waals surface area (Å²) < 4.78 is 10.8. The van der Waals surface area contributed by atoms with Crippen LogP contribution < -0.4 is 14.8 Å². The lowest BCUT2D eigenvalue weighted by molar-refractivity contribution is -0.136. The Balaban J connectivity index is 1.21. The van der Waals surface area contributed by atoms with Crippen molar-refractivity contribution < 1.29 is 19.1 Å². The molecule has 2 amide bonds. The minimum absolute atomic E-state index is 0.0493. The van der Waals surface area contributed by atoms with Crippen LogP contribution in [0.1, 0.15) is 31.7 Å². The largest absolute Gasteiger partial charge is 0.454 e. The number of nitrogens with one attached hydrogen (secondary N) is 1. The Hall–Kier alpha value is -2.28. The van der Waals surface area contributed by atoms with Gasteiger partial charge in [0.05, 0.1) is 11.8 Å². The van der Waals surface area contributed by atoms with E-state index in [-0.39, 0.29) is 23.7 Å². The van der Waals surface area contributed by atoms with Gasteiger partial charge in [-0.3, -0.25) is 14.5 Å². The molecule has 3 aliphatic rings. The lowest BCUT2D eigenvalue weighted by Gasteiger charge is -2.35. The highest BCUT2D eigenvalue weighted by molar-refractivity contribution is 5.92. The maximum atomic E-state index is 12.7. The molecular weight excluding hydrogens is 358 g/mol. The van der Waals surface area contributed by atoms with E-state index in [0.717, 1.165) is 57.1 Å². The van der Waals surface area contributed by atoms with Crippen LogP contribution in [-0.2, 0) is 16.1 Å². The number of carbonyl (C=O) groups is 2. The second-order valence-corrected chi connectivity index (χ2v) is 7.88. The predicted octanol–water partition coefficient (Wildman–Crippen LogP) is 1.61. The fourth-order valence-corrected chi connectivity index (χ4v) is 3.94. The quantitative estimate of drug-likeness (QED) is 0.720. The van der Waals surface area contributed by atoms with Crippen LogP contribution in [-0.4, -0.2) is 61.1 Å². The molecule has 1 N–H and O–H groups in total. The smallest absolute Gasteiger partial charge is 0.231 e. The van der Waals surface area contributed by atoms with Crippen molar-refractivity contribution in [3.8, 4) is 11.5 Å². The van der Waals surface area contributed by atoms with Crippen molar-refractivity contribution in [1.82, 2.24) is 15.1 Å². The number of amides is 2. The highest BCUT2D eigenvalue weighted by atomic mass is 16.7. The molecule has 1 aromatic rings. The number of benzene rings is 1. The number of unbranched alkanes of at least 4 members (excludes halogenated alkanes) is 1. The van der Waals surface area contributed by atoms with Crippen LogP contribution in [0.5, 0.6) is 11.5 Å². The van der Waals surface area contributed by atoms with E-state index in [1.54, 1.807) is 0 Å². The van der Waals surface area contributed by atoms with Gasteiger partial charge in [-0.15, -0.1) is 0 Å². The van der Waals surface area contributed by atoms with Crippen molar-refractivity contribution >= 4 is 11.8 Å². The number of nitrogens with zero attached hydrogens (tertiary/aromatic N) is 2. The van der Waals surface area contributed by atoms with Gasteiger partial charge in [-0.25, -0.2) is 0 Å². The molecule has 0 spiro atoms. The second kappa shape index (κ2) is 8.39. The molecule has 0 radical (unpaired) electrons. The van der Waals surface area contributed by atoms with E-state index in [9.17, 15) is 9.59 Å². The summed E-state index contributed by atoms with van der Waals surface area (Å²) in [7, 11) is 0. The molecule has 4 rings (SSSR count). The van der Waals surface area contributed by atoms with E-state index in [2.05, 4.69) is 23.2 Å². The van der Waals surface area contributed by atoms with Gasteiger partial charge >= 0.3 is 0 Å². The molecule has 0 aromatic heterocycles. The number of hydrogen-bond acceptors (Lipinski definition) is 5. The normalized spacial score (nSPS) is 23.5. The molecule has 2 unspecified atom stereocenters. The number of rotatable bonds is 7. The predicted molar refractivity (Wildman–Crippen MR) is 104 cm³/mol. The third-order valence-electron chi connectivity index (χ3n) is 5.80. The van der Waals surface area contributed by atoms with Crippen molar-refractivity contribution in [3.63, 3.8) is 0 Å². The first-order valence-electron chi connectivity index (χ1n) is 10.3. The van der Waals surface area contributed by atoms with Crippen LogP contribution in [0.3, 0.4) is 0 Å². The molecule has 28 heavy (non-hydrogen) atoms. The first-order chi connectivity index (χ1) is 13.7. The molecule has 7 heteroatoms. The molecule has 0 bridgehead atoms.